The highest BCUT2D eigenvalue weighted by Crippen LogP contribution is 2.34. The number of methoxy groups -OCH3 is 1. The quantitative estimate of drug-likeness (QED) is 0.649. The van der Waals surface area contributed by atoms with Gasteiger partial charge in [-0.3, -0.25) is 9.59 Å². The second kappa shape index (κ2) is 7.86. The molecule has 0 aliphatic carbocycles. The predicted molar refractivity (Wildman–Crippen MR) is 101 cm³/mol. The molecule has 0 bridgehead atoms. The molecule has 0 unspecified atom stereocenters. The van der Waals surface area contributed by atoms with Gasteiger partial charge in [0.1, 0.15) is 11.3 Å². The maximum Gasteiger partial charge on any atom is 0.416 e. The number of hydrogen-bond acceptors (Lipinski definition) is 4. The van der Waals surface area contributed by atoms with E-state index in [1.807, 2.05) is 0 Å². The molecule has 0 spiro atoms. The summed E-state index contributed by atoms with van der Waals surface area (Å²) in [4.78, 5) is 23.8. The van der Waals surface area contributed by atoms with Crippen LogP contribution in [0.15, 0.2) is 47.1 Å². The first-order valence-corrected chi connectivity index (χ1v) is 8.50. The zero-order valence-electron chi connectivity index (χ0n) is 15.5. The van der Waals surface area contributed by atoms with Crippen LogP contribution in [0.4, 0.5) is 24.5 Å². The lowest BCUT2D eigenvalue weighted by molar-refractivity contribution is -0.137. The molecule has 0 aliphatic rings. The highest BCUT2D eigenvalue weighted by atomic mass is 19.4. The monoisotopic (exact) mass is 406 g/mol. The number of benzene rings is 2. The lowest BCUT2D eigenvalue weighted by Gasteiger charge is -2.14. The van der Waals surface area contributed by atoms with Gasteiger partial charge >= 0.3 is 6.18 Å². The first-order valence-electron chi connectivity index (χ1n) is 8.50. The van der Waals surface area contributed by atoms with Crippen LogP contribution in [0.1, 0.15) is 18.1 Å². The topological polar surface area (TPSA) is 80.6 Å². The third-order valence-electron chi connectivity index (χ3n) is 4.15. The Kier molecular flexibility index (Phi) is 5.49. The van der Waals surface area contributed by atoms with Gasteiger partial charge < -0.3 is 19.8 Å². The van der Waals surface area contributed by atoms with Crippen molar-refractivity contribution < 1.29 is 31.9 Å². The number of hydrogen-bond donors (Lipinski definition) is 2. The number of furan rings is 1. The standard InChI is InChI=1S/C20H17F3N2O4/c1-11(26)24-16-6-3-13(20(21,22)23)8-17(16)25-19(27)7-12-10-29-18-9-14(28-2)4-5-15(12)18/h3-6,8-10H,7H2,1-2H3,(H,24,26)(H,25,27). The van der Waals surface area contributed by atoms with E-state index in [4.69, 9.17) is 9.15 Å². The highest BCUT2D eigenvalue weighted by molar-refractivity contribution is 6.00. The van der Waals surface area contributed by atoms with Crippen molar-refractivity contribution in [1.29, 1.82) is 0 Å². The largest absolute Gasteiger partial charge is 0.497 e. The summed E-state index contributed by atoms with van der Waals surface area (Å²) in [5.74, 6) is -0.448. The van der Waals surface area contributed by atoms with E-state index in [2.05, 4.69) is 10.6 Å². The predicted octanol–water partition coefficient (Wildman–Crippen LogP) is 4.60. The van der Waals surface area contributed by atoms with Gasteiger partial charge in [0.15, 0.2) is 0 Å². The fourth-order valence-electron chi connectivity index (χ4n) is 2.82. The molecule has 0 saturated heterocycles. The number of nitrogens with one attached hydrogen (secondary N) is 2. The molecule has 0 aliphatic heterocycles. The molecular weight excluding hydrogens is 389 g/mol. The van der Waals surface area contributed by atoms with E-state index in [1.165, 1.54) is 20.3 Å². The van der Waals surface area contributed by atoms with Gasteiger partial charge in [0.05, 0.1) is 36.7 Å². The summed E-state index contributed by atoms with van der Waals surface area (Å²) in [7, 11) is 1.51. The Morgan fingerprint density at radius 2 is 1.83 bits per heavy atom. The number of fused-ring (bicyclic) bond motifs is 1. The molecule has 0 fully saturated rings. The summed E-state index contributed by atoms with van der Waals surface area (Å²) in [6, 6.07) is 7.81. The number of anilines is 2. The minimum atomic E-state index is -4.59. The molecule has 2 aromatic carbocycles. The maximum absolute atomic E-state index is 13.0. The Hall–Kier alpha value is -3.49. The number of carbonyl (C=O) groups excluding carboxylic acids is 2. The molecule has 0 atom stereocenters. The molecule has 9 heteroatoms. The number of ether oxygens (including phenoxy) is 1. The molecule has 29 heavy (non-hydrogen) atoms. The van der Waals surface area contributed by atoms with Gasteiger partial charge in [-0.2, -0.15) is 13.2 Å². The van der Waals surface area contributed by atoms with E-state index >= 15 is 0 Å². The smallest absolute Gasteiger partial charge is 0.416 e. The number of halogens is 3. The van der Waals surface area contributed by atoms with E-state index in [-0.39, 0.29) is 17.8 Å². The van der Waals surface area contributed by atoms with E-state index in [9.17, 15) is 22.8 Å². The van der Waals surface area contributed by atoms with Crippen molar-refractivity contribution in [2.24, 2.45) is 0 Å². The van der Waals surface area contributed by atoms with E-state index in [1.54, 1.807) is 18.2 Å². The highest BCUT2D eigenvalue weighted by Gasteiger charge is 2.31. The lowest BCUT2D eigenvalue weighted by Crippen LogP contribution is -2.18. The van der Waals surface area contributed by atoms with Crippen LogP contribution in [0.2, 0.25) is 0 Å². The maximum atomic E-state index is 13.0. The Morgan fingerprint density at radius 1 is 1.07 bits per heavy atom. The van der Waals surface area contributed by atoms with Gasteiger partial charge in [-0.05, 0) is 30.3 Å². The molecule has 2 amide bonds. The van der Waals surface area contributed by atoms with Gasteiger partial charge in [-0.25, -0.2) is 0 Å². The number of alkyl halides is 3. The summed E-state index contributed by atoms with van der Waals surface area (Å²) in [5.41, 5.74) is 0.0660. The third-order valence-corrected chi connectivity index (χ3v) is 4.15. The molecule has 1 heterocycles. The summed E-state index contributed by atoms with van der Waals surface area (Å²) < 4.78 is 49.6. The Morgan fingerprint density at radius 3 is 2.48 bits per heavy atom. The van der Waals surface area contributed by atoms with Crippen LogP contribution in [-0.4, -0.2) is 18.9 Å². The molecule has 0 saturated carbocycles. The molecule has 0 radical (unpaired) electrons. The molecular formula is C20H17F3N2O4. The number of carbonyl (C=O) groups is 2. The zero-order chi connectivity index (χ0) is 21.2. The average Bonchev–Trinajstić information content (AvgIpc) is 3.03. The van der Waals surface area contributed by atoms with Gasteiger partial charge in [-0.1, -0.05) is 0 Å². The van der Waals surface area contributed by atoms with Gasteiger partial charge in [-0.15, -0.1) is 0 Å². The number of rotatable bonds is 5. The molecule has 6 nitrogen and oxygen atoms in total. The first-order chi connectivity index (χ1) is 13.7. The van der Waals surface area contributed by atoms with Crippen LogP contribution < -0.4 is 15.4 Å². The van der Waals surface area contributed by atoms with Crippen LogP contribution in [0.3, 0.4) is 0 Å². The second-order valence-electron chi connectivity index (χ2n) is 6.29. The summed E-state index contributed by atoms with van der Waals surface area (Å²) >= 11 is 0. The van der Waals surface area contributed by atoms with Gasteiger partial charge in [0.25, 0.3) is 0 Å². The van der Waals surface area contributed by atoms with Crippen molar-refractivity contribution in [3.63, 3.8) is 0 Å². The lowest BCUT2D eigenvalue weighted by atomic mass is 10.1. The Labute approximate surface area is 163 Å². The molecule has 3 aromatic rings. The fourth-order valence-corrected chi connectivity index (χ4v) is 2.82. The Bertz CT molecular complexity index is 1070. The number of amides is 2. The average molecular weight is 406 g/mol. The second-order valence-corrected chi connectivity index (χ2v) is 6.29. The molecule has 1 aromatic heterocycles. The Balaban J connectivity index is 1.85. The normalized spacial score (nSPS) is 11.3. The molecule has 152 valence electrons. The molecule has 3 rings (SSSR count). The summed E-state index contributed by atoms with van der Waals surface area (Å²) in [6.45, 7) is 1.22. The van der Waals surface area contributed by atoms with Crippen LogP contribution in [0.5, 0.6) is 5.75 Å². The fraction of sp³-hybridized carbons (Fsp3) is 0.200. The van der Waals surface area contributed by atoms with Crippen molar-refractivity contribution in [1.82, 2.24) is 0 Å². The molecule has 2 N–H and O–H groups in total. The van der Waals surface area contributed by atoms with Crippen molar-refractivity contribution in [2.45, 2.75) is 19.5 Å². The van der Waals surface area contributed by atoms with Crippen LogP contribution in [-0.2, 0) is 22.2 Å². The van der Waals surface area contributed by atoms with Crippen molar-refractivity contribution in [3.8, 4) is 5.75 Å². The van der Waals surface area contributed by atoms with E-state index in [0.717, 1.165) is 18.2 Å². The minimum absolute atomic E-state index is 0.0700. The summed E-state index contributed by atoms with van der Waals surface area (Å²) in [5, 5.41) is 5.53. The third kappa shape index (κ3) is 4.68. The van der Waals surface area contributed by atoms with Crippen molar-refractivity contribution >= 4 is 34.2 Å². The van der Waals surface area contributed by atoms with Crippen LogP contribution in [0, 0.1) is 0 Å². The minimum Gasteiger partial charge on any atom is -0.497 e. The van der Waals surface area contributed by atoms with E-state index < -0.39 is 23.6 Å². The van der Waals surface area contributed by atoms with Crippen LogP contribution >= 0.6 is 0 Å². The van der Waals surface area contributed by atoms with Crippen molar-refractivity contribution in [2.75, 3.05) is 17.7 Å². The SMILES string of the molecule is COc1ccc2c(CC(=O)Nc3cc(C(F)(F)F)ccc3NC(C)=O)coc2c1. The summed E-state index contributed by atoms with van der Waals surface area (Å²) in [6.07, 6.45) is -3.31. The van der Waals surface area contributed by atoms with Gasteiger partial charge in [0, 0.05) is 23.9 Å². The van der Waals surface area contributed by atoms with E-state index in [0.29, 0.717) is 22.3 Å². The van der Waals surface area contributed by atoms with Gasteiger partial charge in [0.2, 0.25) is 11.8 Å². The zero-order valence-corrected chi connectivity index (χ0v) is 15.5. The first kappa shape index (κ1) is 20.2. The van der Waals surface area contributed by atoms with Crippen LogP contribution in [0.25, 0.3) is 11.0 Å². The van der Waals surface area contributed by atoms with Crippen molar-refractivity contribution in [3.05, 3.63) is 53.8 Å².